The summed E-state index contributed by atoms with van der Waals surface area (Å²) in [5.41, 5.74) is -0.0347. The van der Waals surface area contributed by atoms with Gasteiger partial charge in [-0.3, -0.25) is 9.79 Å². The summed E-state index contributed by atoms with van der Waals surface area (Å²) in [7, 11) is 0. The Bertz CT molecular complexity index is 218. The predicted octanol–water partition coefficient (Wildman–Crippen LogP) is 2.38. The molecule has 0 atom stereocenters. The Labute approximate surface area is 91.9 Å². The van der Waals surface area contributed by atoms with Crippen LogP contribution in [0.4, 0.5) is 0 Å². The van der Waals surface area contributed by atoms with E-state index in [4.69, 9.17) is 4.74 Å². The molecular weight excluding hydrogens is 190 g/mol. The summed E-state index contributed by atoms with van der Waals surface area (Å²) in [5, 5.41) is 0. The number of carbonyl (C=O) groups excluding carboxylic acids is 1. The van der Waals surface area contributed by atoms with Gasteiger partial charge in [-0.05, 0) is 39.0 Å². The Morgan fingerprint density at radius 3 is 2.67 bits per heavy atom. The Morgan fingerprint density at radius 1 is 1.47 bits per heavy atom. The second-order valence-electron chi connectivity index (χ2n) is 4.48. The monoisotopic (exact) mass is 211 g/mol. The molecule has 3 nitrogen and oxygen atoms in total. The average Bonchev–Trinajstić information content (AvgIpc) is 2.26. The van der Waals surface area contributed by atoms with Crippen molar-refractivity contribution in [2.45, 2.75) is 57.6 Å². The zero-order valence-electron chi connectivity index (χ0n) is 9.74. The van der Waals surface area contributed by atoms with Crippen molar-refractivity contribution in [2.24, 2.45) is 4.99 Å². The van der Waals surface area contributed by atoms with E-state index < -0.39 is 0 Å². The van der Waals surface area contributed by atoms with Crippen molar-refractivity contribution in [1.82, 2.24) is 0 Å². The molecular formula is C12H21NO2. The molecule has 0 N–H and O–H groups in total. The molecule has 1 saturated carbocycles. The zero-order valence-corrected chi connectivity index (χ0v) is 9.74. The van der Waals surface area contributed by atoms with Gasteiger partial charge in [-0.1, -0.05) is 6.92 Å². The zero-order chi connectivity index (χ0) is 11.1. The molecule has 3 heteroatoms. The molecule has 0 aromatic heterocycles. The number of ether oxygens (including phenoxy) is 1. The molecule has 1 aliphatic rings. The quantitative estimate of drug-likeness (QED) is 0.517. The minimum atomic E-state index is -0.0347. The van der Waals surface area contributed by atoms with Gasteiger partial charge < -0.3 is 4.74 Å². The van der Waals surface area contributed by atoms with Gasteiger partial charge in [0.25, 0.3) is 0 Å². The maximum atomic E-state index is 10.2. The third-order valence-corrected chi connectivity index (χ3v) is 3.01. The smallest absolute Gasteiger partial charge is 0.160 e. The topological polar surface area (TPSA) is 38.7 Å². The van der Waals surface area contributed by atoms with E-state index >= 15 is 0 Å². The van der Waals surface area contributed by atoms with Crippen LogP contribution in [0, 0.1) is 0 Å². The van der Waals surface area contributed by atoms with Gasteiger partial charge in [-0.15, -0.1) is 0 Å². The van der Waals surface area contributed by atoms with Crippen LogP contribution in [0.3, 0.4) is 0 Å². The number of nitrogens with zero attached hydrogens (tertiary/aromatic N) is 1. The summed E-state index contributed by atoms with van der Waals surface area (Å²) in [6.45, 7) is 5.10. The first-order chi connectivity index (χ1) is 7.20. The van der Waals surface area contributed by atoms with Crippen LogP contribution < -0.4 is 0 Å². The lowest BCUT2D eigenvalue weighted by Crippen LogP contribution is -2.32. The van der Waals surface area contributed by atoms with Crippen molar-refractivity contribution < 1.29 is 9.53 Å². The number of rotatable bonds is 5. The molecule has 1 rings (SSSR count). The normalized spacial score (nSPS) is 32.0. The molecule has 0 unspecified atom stereocenters. The largest absolute Gasteiger partial charge is 0.378 e. The van der Waals surface area contributed by atoms with Crippen molar-refractivity contribution in [3.63, 3.8) is 0 Å². The van der Waals surface area contributed by atoms with Gasteiger partial charge in [-0.2, -0.15) is 0 Å². The highest BCUT2D eigenvalue weighted by molar-refractivity contribution is 6.13. The van der Waals surface area contributed by atoms with E-state index in [2.05, 4.69) is 18.8 Å². The molecule has 0 aromatic rings. The summed E-state index contributed by atoms with van der Waals surface area (Å²) in [6.07, 6.45) is 7.79. The SMILES string of the molecule is CCCO[C@H]1CC[C@@](C)(N=CC=O)CC1. The summed E-state index contributed by atoms with van der Waals surface area (Å²) >= 11 is 0. The van der Waals surface area contributed by atoms with Gasteiger partial charge in [0.2, 0.25) is 0 Å². The lowest BCUT2D eigenvalue weighted by atomic mass is 9.82. The first kappa shape index (κ1) is 12.4. The van der Waals surface area contributed by atoms with Crippen LogP contribution in [0.2, 0.25) is 0 Å². The average molecular weight is 211 g/mol. The molecule has 0 heterocycles. The highest BCUT2D eigenvalue weighted by atomic mass is 16.5. The summed E-state index contributed by atoms with van der Waals surface area (Å²) in [6, 6.07) is 0. The maximum Gasteiger partial charge on any atom is 0.160 e. The first-order valence-corrected chi connectivity index (χ1v) is 5.81. The second kappa shape index (κ2) is 6.01. The highest BCUT2D eigenvalue weighted by Gasteiger charge is 2.30. The highest BCUT2D eigenvalue weighted by Crippen LogP contribution is 2.32. The fourth-order valence-corrected chi connectivity index (χ4v) is 2.00. The van der Waals surface area contributed by atoms with Crippen LogP contribution in [0.1, 0.15) is 46.0 Å². The molecule has 15 heavy (non-hydrogen) atoms. The standard InChI is InChI=1S/C12H21NO2/c1-3-10-15-11-4-6-12(2,7-5-11)13-8-9-14/h8-9,11H,3-7,10H2,1-2H3/t11-,12+. The lowest BCUT2D eigenvalue weighted by Gasteiger charge is -2.34. The first-order valence-electron chi connectivity index (χ1n) is 5.81. The molecule has 1 fully saturated rings. The second-order valence-corrected chi connectivity index (χ2v) is 4.48. The van der Waals surface area contributed by atoms with Crippen LogP contribution in [0.15, 0.2) is 4.99 Å². The third-order valence-electron chi connectivity index (χ3n) is 3.01. The summed E-state index contributed by atoms with van der Waals surface area (Å²) in [5.74, 6) is 0. The molecule has 0 radical (unpaired) electrons. The fraction of sp³-hybridized carbons (Fsp3) is 0.833. The predicted molar refractivity (Wildman–Crippen MR) is 61.5 cm³/mol. The number of aliphatic imine (C=N–C) groups is 1. The van der Waals surface area contributed by atoms with Crippen LogP contribution in [0.25, 0.3) is 0 Å². The number of hydrogen-bond donors (Lipinski definition) is 0. The van der Waals surface area contributed by atoms with Gasteiger partial charge in [0.1, 0.15) is 0 Å². The molecule has 0 spiro atoms. The summed E-state index contributed by atoms with van der Waals surface area (Å²) < 4.78 is 5.71. The third kappa shape index (κ3) is 4.12. The Hall–Kier alpha value is -0.700. The van der Waals surface area contributed by atoms with E-state index in [-0.39, 0.29) is 5.54 Å². The van der Waals surface area contributed by atoms with E-state index in [1.54, 1.807) is 0 Å². The van der Waals surface area contributed by atoms with Crippen molar-refractivity contribution in [2.75, 3.05) is 6.61 Å². The van der Waals surface area contributed by atoms with E-state index in [1.807, 2.05) is 0 Å². The van der Waals surface area contributed by atoms with E-state index in [0.29, 0.717) is 6.10 Å². The minimum absolute atomic E-state index is 0.0347. The Morgan fingerprint density at radius 2 is 2.13 bits per heavy atom. The number of hydrogen-bond acceptors (Lipinski definition) is 3. The number of carbonyl (C=O) groups is 1. The minimum Gasteiger partial charge on any atom is -0.378 e. The maximum absolute atomic E-state index is 10.2. The van der Waals surface area contributed by atoms with Crippen LogP contribution in [0.5, 0.6) is 0 Å². The molecule has 86 valence electrons. The van der Waals surface area contributed by atoms with Crippen LogP contribution in [-0.4, -0.2) is 30.8 Å². The molecule has 0 saturated heterocycles. The van der Waals surface area contributed by atoms with E-state index in [0.717, 1.165) is 45.0 Å². The van der Waals surface area contributed by atoms with Gasteiger partial charge in [0, 0.05) is 6.61 Å². The van der Waals surface area contributed by atoms with Crippen molar-refractivity contribution in [3.8, 4) is 0 Å². The molecule has 0 aliphatic heterocycles. The van der Waals surface area contributed by atoms with Crippen molar-refractivity contribution in [3.05, 3.63) is 0 Å². The van der Waals surface area contributed by atoms with Crippen molar-refractivity contribution >= 4 is 12.5 Å². The molecule has 0 bridgehead atoms. The Balaban J connectivity index is 2.33. The molecule has 0 amide bonds. The van der Waals surface area contributed by atoms with E-state index in [1.165, 1.54) is 6.21 Å². The van der Waals surface area contributed by atoms with Gasteiger partial charge in [-0.25, -0.2) is 0 Å². The van der Waals surface area contributed by atoms with E-state index in [9.17, 15) is 4.79 Å². The summed E-state index contributed by atoms with van der Waals surface area (Å²) in [4.78, 5) is 14.5. The van der Waals surface area contributed by atoms with Crippen LogP contribution in [-0.2, 0) is 9.53 Å². The molecule has 0 aromatic carbocycles. The Kier molecular flexibility index (Phi) is 4.95. The van der Waals surface area contributed by atoms with Crippen molar-refractivity contribution in [1.29, 1.82) is 0 Å². The lowest BCUT2D eigenvalue weighted by molar-refractivity contribution is -0.102. The molecule has 1 aliphatic carbocycles. The van der Waals surface area contributed by atoms with Gasteiger partial charge in [0.15, 0.2) is 6.29 Å². The van der Waals surface area contributed by atoms with Crippen LogP contribution >= 0.6 is 0 Å². The fourth-order valence-electron chi connectivity index (χ4n) is 2.00. The van der Waals surface area contributed by atoms with Gasteiger partial charge in [0.05, 0.1) is 17.9 Å². The number of aldehydes is 1. The van der Waals surface area contributed by atoms with Gasteiger partial charge >= 0.3 is 0 Å².